The Kier molecular flexibility index (Phi) is 7.60. The van der Waals surface area contributed by atoms with Crippen LogP contribution in [0.4, 0.5) is 0 Å². The number of fused-ring (bicyclic) bond motifs is 1. The number of allylic oxidation sites excluding steroid dienone is 1. The van der Waals surface area contributed by atoms with Crippen LogP contribution in [0.3, 0.4) is 0 Å². The zero-order chi connectivity index (χ0) is 21.5. The number of amidine groups is 1. The summed E-state index contributed by atoms with van der Waals surface area (Å²) in [6.07, 6.45) is 6.86. The van der Waals surface area contributed by atoms with Gasteiger partial charge in [0, 0.05) is 40.6 Å². The first-order valence-electron chi connectivity index (χ1n) is 10.2. The number of rotatable bonds is 6. The minimum Gasteiger partial charge on any atom is -0.387 e. The van der Waals surface area contributed by atoms with Gasteiger partial charge in [0.25, 0.3) is 0 Å². The lowest BCUT2D eigenvalue weighted by Crippen LogP contribution is -2.45. The third kappa shape index (κ3) is 6.40. The van der Waals surface area contributed by atoms with E-state index in [2.05, 4.69) is 51.8 Å². The highest BCUT2D eigenvalue weighted by Gasteiger charge is 2.16. The van der Waals surface area contributed by atoms with Crippen molar-refractivity contribution in [3.8, 4) is 0 Å². The highest BCUT2D eigenvalue weighted by molar-refractivity contribution is 6.31. The van der Waals surface area contributed by atoms with Gasteiger partial charge in [-0.1, -0.05) is 30.8 Å². The third-order valence-electron chi connectivity index (χ3n) is 5.14. The van der Waals surface area contributed by atoms with E-state index >= 15 is 0 Å². The van der Waals surface area contributed by atoms with Crippen LogP contribution in [0.1, 0.15) is 25.0 Å². The van der Waals surface area contributed by atoms with Gasteiger partial charge in [0.2, 0.25) is 0 Å². The van der Waals surface area contributed by atoms with Crippen molar-refractivity contribution in [3.05, 3.63) is 71.8 Å². The Balaban J connectivity index is 0.000000269. The average molecular weight is 427 g/mol. The Morgan fingerprint density at radius 2 is 2.27 bits per heavy atom. The van der Waals surface area contributed by atoms with Crippen LogP contribution < -0.4 is 16.4 Å². The topological polar surface area (TPSA) is 81.5 Å². The lowest BCUT2D eigenvalue weighted by atomic mass is 10.1. The number of aromatic amines is 1. The van der Waals surface area contributed by atoms with Crippen molar-refractivity contribution in [3.63, 3.8) is 0 Å². The second-order valence-corrected chi connectivity index (χ2v) is 8.18. The maximum absolute atomic E-state index is 6.02. The molecular formula is C23H31ClN6. The summed E-state index contributed by atoms with van der Waals surface area (Å²) in [5.74, 6) is 1.57. The molecule has 5 N–H and O–H groups in total. The molecule has 1 aromatic heterocycles. The molecule has 7 heteroatoms. The molecule has 30 heavy (non-hydrogen) atoms. The number of halogens is 1. The Hall–Kier alpha value is -2.70. The molecule has 3 heterocycles. The van der Waals surface area contributed by atoms with Crippen molar-refractivity contribution in [2.45, 2.75) is 31.8 Å². The smallest absolute Gasteiger partial charge is 0.103 e. The summed E-state index contributed by atoms with van der Waals surface area (Å²) in [6.45, 7) is 10.6. The summed E-state index contributed by atoms with van der Waals surface area (Å²) in [5.41, 5.74) is 8.47. The third-order valence-corrected chi connectivity index (χ3v) is 5.37. The summed E-state index contributed by atoms with van der Waals surface area (Å²) in [7, 11) is 2.17. The van der Waals surface area contributed by atoms with Crippen LogP contribution in [-0.4, -0.2) is 41.9 Å². The molecule has 4 rings (SSSR count). The molecule has 0 aliphatic carbocycles. The van der Waals surface area contributed by atoms with Crippen molar-refractivity contribution in [2.75, 3.05) is 20.1 Å². The van der Waals surface area contributed by atoms with E-state index in [0.717, 1.165) is 52.6 Å². The number of nitrogens with zero attached hydrogens (tertiary/aromatic N) is 2. The van der Waals surface area contributed by atoms with Crippen LogP contribution in [0.2, 0.25) is 5.02 Å². The molecule has 1 atom stereocenters. The van der Waals surface area contributed by atoms with Crippen molar-refractivity contribution in [1.29, 1.82) is 0 Å². The summed E-state index contributed by atoms with van der Waals surface area (Å²) < 4.78 is 0. The summed E-state index contributed by atoms with van der Waals surface area (Å²) >= 11 is 6.02. The summed E-state index contributed by atoms with van der Waals surface area (Å²) in [6, 6.07) is 8.49. The predicted octanol–water partition coefficient (Wildman–Crippen LogP) is 3.88. The van der Waals surface area contributed by atoms with Crippen LogP contribution >= 0.6 is 11.6 Å². The van der Waals surface area contributed by atoms with Gasteiger partial charge in [-0.3, -0.25) is 0 Å². The molecule has 0 saturated carbocycles. The van der Waals surface area contributed by atoms with Crippen LogP contribution in [0, 0.1) is 0 Å². The van der Waals surface area contributed by atoms with Gasteiger partial charge in [-0.25, -0.2) is 4.99 Å². The molecule has 2 aliphatic rings. The lowest BCUT2D eigenvalue weighted by molar-refractivity contribution is 0.233. The van der Waals surface area contributed by atoms with E-state index < -0.39 is 0 Å². The van der Waals surface area contributed by atoms with Crippen LogP contribution in [0.5, 0.6) is 0 Å². The number of aliphatic imine (C=N–C) groups is 1. The fourth-order valence-electron chi connectivity index (χ4n) is 3.64. The van der Waals surface area contributed by atoms with Gasteiger partial charge < -0.3 is 26.3 Å². The SMILES string of the molecule is C=C(NCc1cc2cc(Cl)ccc2[nH]1)NC1CCCN(C)C1.C=CC1=CCC(N)=N1. The number of hydrogen-bond donors (Lipinski definition) is 4. The fraction of sp³-hybridized carbons (Fsp3) is 0.348. The standard InChI is InChI=1S/C17H23ClN4.C6H8N2/c1-12(20-15-4-3-7-22(2)11-15)19-10-16-9-13-8-14(18)5-6-17(13)21-16;1-2-5-3-4-6(7)8-5/h5-6,8-9,15,19-21H,1,3-4,7,10-11H2,2H3;2-3H,1,4H2,(H2,7,8). The van der Waals surface area contributed by atoms with Crippen molar-refractivity contribution in [1.82, 2.24) is 20.5 Å². The molecule has 1 unspecified atom stereocenters. The van der Waals surface area contributed by atoms with Gasteiger partial charge in [0.05, 0.1) is 18.1 Å². The molecule has 1 saturated heterocycles. The van der Waals surface area contributed by atoms with E-state index in [0.29, 0.717) is 11.9 Å². The molecule has 2 aliphatic heterocycles. The Morgan fingerprint density at radius 3 is 2.93 bits per heavy atom. The number of benzene rings is 1. The minimum absolute atomic E-state index is 0.486. The lowest BCUT2D eigenvalue weighted by Gasteiger charge is -2.31. The normalized spacial score (nSPS) is 18.8. The molecule has 6 nitrogen and oxygen atoms in total. The largest absolute Gasteiger partial charge is 0.387 e. The molecule has 2 aromatic rings. The van der Waals surface area contributed by atoms with Gasteiger partial charge in [-0.05, 0) is 56.8 Å². The number of aromatic nitrogens is 1. The number of nitrogens with one attached hydrogen (secondary N) is 3. The second-order valence-electron chi connectivity index (χ2n) is 7.74. The van der Waals surface area contributed by atoms with Gasteiger partial charge in [-0.15, -0.1) is 0 Å². The average Bonchev–Trinajstić information content (AvgIpc) is 3.32. The molecular weight excluding hydrogens is 396 g/mol. The number of likely N-dealkylation sites (N-methyl/N-ethyl adjacent to an activating group) is 1. The second kappa shape index (κ2) is 10.4. The summed E-state index contributed by atoms with van der Waals surface area (Å²) in [5, 5.41) is 8.73. The van der Waals surface area contributed by atoms with E-state index in [4.69, 9.17) is 17.3 Å². The quantitative estimate of drug-likeness (QED) is 0.565. The molecule has 0 radical (unpaired) electrons. The number of piperidine rings is 1. The van der Waals surface area contributed by atoms with Crippen LogP contribution in [0.15, 0.2) is 66.1 Å². The van der Waals surface area contributed by atoms with E-state index in [1.54, 1.807) is 6.08 Å². The van der Waals surface area contributed by atoms with Crippen LogP contribution in [0.25, 0.3) is 10.9 Å². The van der Waals surface area contributed by atoms with Crippen molar-refractivity contribution >= 4 is 28.3 Å². The van der Waals surface area contributed by atoms with E-state index in [-0.39, 0.29) is 0 Å². The predicted molar refractivity (Wildman–Crippen MR) is 127 cm³/mol. The molecule has 1 aromatic carbocycles. The first-order valence-corrected chi connectivity index (χ1v) is 10.6. The Labute approximate surface area is 183 Å². The number of hydrogen-bond acceptors (Lipinski definition) is 5. The summed E-state index contributed by atoms with van der Waals surface area (Å²) in [4.78, 5) is 9.69. The van der Waals surface area contributed by atoms with Gasteiger partial charge in [0.1, 0.15) is 5.84 Å². The van der Waals surface area contributed by atoms with Gasteiger partial charge in [0.15, 0.2) is 0 Å². The van der Waals surface area contributed by atoms with Crippen molar-refractivity contribution in [2.24, 2.45) is 10.7 Å². The van der Waals surface area contributed by atoms with Gasteiger partial charge >= 0.3 is 0 Å². The molecule has 0 amide bonds. The Bertz CT molecular complexity index is 958. The molecule has 0 bridgehead atoms. The first-order chi connectivity index (χ1) is 14.4. The van der Waals surface area contributed by atoms with E-state index in [9.17, 15) is 0 Å². The molecule has 160 valence electrons. The molecule has 1 fully saturated rings. The number of nitrogens with two attached hydrogens (primary N) is 1. The van der Waals surface area contributed by atoms with Gasteiger partial charge in [-0.2, -0.15) is 0 Å². The van der Waals surface area contributed by atoms with E-state index in [1.165, 1.54) is 19.4 Å². The van der Waals surface area contributed by atoms with Crippen molar-refractivity contribution < 1.29 is 0 Å². The maximum atomic E-state index is 6.02. The number of likely N-dealkylation sites (tertiary alicyclic amines) is 1. The fourth-order valence-corrected chi connectivity index (χ4v) is 3.82. The highest BCUT2D eigenvalue weighted by atomic mass is 35.5. The highest BCUT2D eigenvalue weighted by Crippen LogP contribution is 2.20. The Morgan fingerprint density at radius 1 is 1.43 bits per heavy atom. The number of H-pyrrole nitrogens is 1. The minimum atomic E-state index is 0.486. The van der Waals surface area contributed by atoms with E-state index in [1.807, 2.05) is 24.3 Å². The zero-order valence-electron chi connectivity index (χ0n) is 17.5. The van der Waals surface area contributed by atoms with Crippen LogP contribution in [-0.2, 0) is 6.54 Å². The maximum Gasteiger partial charge on any atom is 0.103 e. The zero-order valence-corrected chi connectivity index (χ0v) is 18.3. The first kappa shape index (κ1) is 22.0. The monoisotopic (exact) mass is 426 g/mol. The molecule has 0 spiro atoms.